The highest BCUT2D eigenvalue weighted by atomic mass is 16.6. The Bertz CT molecular complexity index is 751. The molecule has 3 aromatic carbocycles. The molecular formula is C16H11NO2. The van der Waals surface area contributed by atoms with Gasteiger partial charge < -0.3 is 0 Å². The van der Waals surface area contributed by atoms with Crippen LogP contribution in [0.1, 0.15) is 0 Å². The van der Waals surface area contributed by atoms with E-state index in [-0.39, 0.29) is 10.6 Å². The summed E-state index contributed by atoms with van der Waals surface area (Å²) in [5.74, 6) is 0. The normalized spacial score (nSPS) is 10.5. The Kier molecular flexibility index (Phi) is 2.72. The maximum absolute atomic E-state index is 10.7. The van der Waals surface area contributed by atoms with Crippen LogP contribution in [0.5, 0.6) is 0 Å². The molecule has 0 aliphatic heterocycles. The summed E-state index contributed by atoms with van der Waals surface area (Å²) in [6, 6.07) is 21.0. The van der Waals surface area contributed by atoms with E-state index < -0.39 is 0 Å². The van der Waals surface area contributed by atoms with Gasteiger partial charge in [0.05, 0.1) is 4.92 Å². The van der Waals surface area contributed by atoms with Gasteiger partial charge >= 0.3 is 0 Å². The van der Waals surface area contributed by atoms with Crippen molar-refractivity contribution in [3.05, 3.63) is 76.8 Å². The number of hydrogen-bond acceptors (Lipinski definition) is 2. The standard InChI is InChI=1S/C16H11NO2/c18-17(19)16-9-8-14-10-13(6-7-15(14)11-16)12-4-2-1-3-5-12/h1-11H. The zero-order chi connectivity index (χ0) is 13.2. The van der Waals surface area contributed by atoms with Crippen LogP contribution in [-0.4, -0.2) is 4.92 Å². The van der Waals surface area contributed by atoms with Crippen LogP contribution >= 0.6 is 0 Å². The highest BCUT2D eigenvalue weighted by Gasteiger charge is 2.06. The predicted molar refractivity (Wildman–Crippen MR) is 76.0 cm³/mol. The zero-order valence-electron chi connectivity index (χ0n) is 10.1. The molecule has 0 amide bonds. The minimum Gasteiger partial charge on any atom is -0.258 e. The minimum absolute atomic E-state index is 0.125. The van der Waals surface area contributed by atoms with Gasteiger partial charge in [-0.1, -0.05) is 42.5 Å². The van der Waals surface area contributed by atoms with E-state index in [0.29, 0.717) is 0 Å². The van der Waals surface area contributed by atoms with Crippen molar-refractivity contribution < 1.29 is 4.92 Å². The molecule has 0 aromatic heterocycles. The Balaban J connectivity index is 2.12. The van der Waals surface area contributed by atoms with E-state index in [1.165, 1.54) is 6.07 Å². The first-order chi connectivity index (χ1) is 9.24. The molecule has 0 fully saturated rings. The van der Waals surface area contributed by atoms with Gasteiger partial charge in [0.15, 0.2) is 0 Å². The number of nitrogens with zero attached hydrogens (tertiary/aromatic N) is 1. The van der Waals surface area contributed by atoms with Gasteiger partial charge in [-0.15, -0.1) is 0 Å². The summed E-state index contributed by atoms with van der Waals surface area (Å²) >= 11 is 0. The molecule has 0 atom stereocenters. The van der Waals surface area contributed by atoms with Gasteiger partial charge in [0.2, 0.25) is 0 Å². The molecule has 0 aliphatic rings. The minimum atomic E-state index is -0.370. The van der Waals surface area contributed by atoms with Crippen molar-refractivity contribution in [3.8, 4) is 11.1 Å². The summed E-state index contributed by atoms with van der Waals surface area (Å²) in [7, 11) is 0. The summed E-state index contributed by atoms with van der Waals surface area (Å²) < 4.78 is 0. The fourth-order valence-electron chi connectivity index (χ4n) is 2.16. The predicted octanol–water partition coefficient (Wildman–Crippen LogP) is 4.42. The SMILES string of the molecule is O=[N+]([O-])c1ccc2cc(-c3ccccc3)ccc2c1. The molecule has 0 heterocycles. The molecule has 3 aromatic rings. The average Bonchev–Trinajstić information content (AvgIpc) is 2.47. The lowest BCUT2D eigenvalue weighted by Gasteiger charge is -2.04. The molecule has 92 valence electrons. The molecule has 19 heavy (non-hydrogen) atoms. The number of non-ortho nitro benzene ring substituents is 1. The lowest BCUT2D eigenvalue weighted by atomic mass is 10.0. The fourth-order valence-corrected chi connectivity index (χ4v) is 2.16. The Morgan fingerprint density at radius 3 is 2.16 bits per heavy atom. The van der Waals surface area contributed by atoms with Crippen molar-refractivity contribution in [1.29, 1.82) is 0 Å². The van der Waals surface area contributed by atoms with E-state index >= 15 is 0 Å². The molecule has 0 unspecified atom stereocenters. The maximum atomic E-state index is 10.7. The average molecular weight is 249 g/mol. The van der Waals surface area contributed by atoms with Crippen LogP contribution in [0.25, 0.3) is 21.9 Å². The molecule has 0 spiro atoms. The van der Waals surface area contributed by atoms with Gasteiger partial charge in [-0.25, -0.2) is 0 Å². The molecule has 3 rings (SSSR count). The second-order valence-electron chi connectivity index (χ2n) is 4.37. The van der Waals surface area contributed by atoms with E-state index in [2.05, 4.69) is 0 Å². The maximum Gasteiger partial charge on any atom is 0.270 e. The molecule has 0 saturated heterocycles. The van der Waals surface area contributed by atoms with Gasteiger partial charge in [0.25, 0.3) is 5.69 Å². The second kappa shape index (κ2) is 4.53. The summed E-state index contributed by atoms with van der Waals surface area (Å²) in [4.78, 5) is 10.4. The largest absolute Gasteiger partial charge is 0.270 e. The number of nitro benzene ring substituents is 1. The monoisotopic (exact) mass is 249 g/mol. The number of fused-ring (bicyclic) bond motifs is 1. The van der Waals surface area contributed by atoms with Gasteiger partial charge in [-0.3, -0.25) is 10.1 Å². The van der Waals surface area contributed by atoms with E-state index in [0.717, 1.165) is 21.9 Å². The smallest absolute Gasteiger partial charge is 0.258 e. The van der Waals surface area contributed by atoms with Crippen LogP contribution in [0.4, 0.5) is 5.69 Å². The van der Waals surface area contributed by atoms with E-state index in [1.807, 2.05) is 48.5 Å². The molecular weight excluding hydrogens is 238 g/mol. The third-order valence-corrected chi connectivity index (χ3v) is 3.14. The first-order valence-corrected chi connectivity index (χ1v) is 5.98. The van der Waals surface area contributed by atoms with Crippen LogP contribution in [0, 0.1) is 10.1 Å². The Morgan fingerprint density at radius 1 is 0.737 bits per heavy atom. The molecule has 0 bridgehead atoms. The summed E-state index contributed by atoms with van der Waals surface area (Å²) in [6.45, 7) is 0. The zero-order valence-corrected chi connectivity index (χ0v) is 10.1. The Labute approximate surface area is 110 Å². The van der Waals surface area contributed by atoms with Crippen molar-refractivity contribution in [2.45, 2.75) is 0 Å². The Morgan fingerprint density at radius 2 is 1.42 bits per heavy atom. The van der Waals surface area contributed by atoms with Gasteiger partial charge in [0, 0.05) is 12.1 Å². The van der Waals surface area contributed by atoms with Gasteiger partial charge in [-0.2, -0.15) is 0 Å². The summed E-state index contributed by atoms with van der Waals surface area (Å²) in [6.07, 6.45) is 0. The summed E-state index contributed by atoms with van der Waals surface area (Å²) in [5.41, 5.74) is 2.38. The quantitative estimate of drug-likeness (QED) is 0.498. The topological polar surface area (TPSA) is 43.1 Å². The van der Waals surface area contributed by atoms with Gasteiger partial charge in [0.1, 0.15) is 0 Å². The number of benzene rings is 3. The van der Waals surface area contributed by atoms with Crippen LogP contribution in [0.2, 0.25) is 0 Å². The molecule has 3 nitrogen and oxygen atoms in total. The van der Waals surface area contributed by atoms with Crippen molar-refractivity contribution in [2.24, 2.45) is 0 Å². The number of rotatable bonds is 2. The molecule has 0 N–H and O–H groups in total. The number of hydrogen-bond donors (Lipinski definition) is 0. The third-order valence-electron chi connectivity index (χ3n) is 3.14. The molecule has 0 saturated carbocycles. The Hall–Kier alpha value is -2.68. The van der Waals surface area contributed by atoms with Crippen molar-refractivity contribution >= 4 is 16.5 Å². The van der Waals surface area contributed by atoms with Crippen molar-refractivity contribution in [3.63, 3.8) is 0 Å². The molecule has 0 aliphatic carbocycles. The van der Waals surface area contributed by atoms with Gasteiger partial charge in [-0.05, 0) is 34.0 Å². The lowest BCUT2D eigenvalue weighted by Crippen LogP contribution is -1.87. The van der Waals surface area contributed by atoms with E-state index in [9.17, 15) is 10.1 Å². The van der Waals surface area contributed by atoms with Crippen molar-refractivity contribution in [1.82, 2.24) is 0 Å². The van der Waals surface area contributed by atoms with Crippen LogP contribution in [0.15, 0.2) is 66.7 Å². The second-order valence-corrected chi connectivity index (χ2v) is 4.37. The molecule has 3 heteroatoms. The molecule has 0 radical (unpaired) electrons. The van der Waals surface area contributed by atoms with Crippen LogP contribution in [0.3, 0.4) is 0 Å². The summed E-state index contributed by atoms with van der Waals surface area (Å²) in [5, 5.41) is 12.6. The number of nitro groups is 1. The lowest BCUT2D eigenvalue weighted by molar-refractivity contribution is -0.384. The van der Waals surface area contributed by atoms with Crippen LogP contribution in [-0.2, 0) is 0 Å². The van der Waals surface area contributed by atoms with E-state index in [4.69, 9.17) is 0 Å². The van der Waals surface area contributed by atoms with Crippen LogP contribution < -0.4 is 0 Å². The van der Waals surface area contributed by atoms with E-state index in [1.54, 1.807) is 12.1 Å². The first kappa shape index (κ1) is 11.4. The third kappa shape index (κ3) is 2.18. The van der Waals surface area contributed by atoms with Crippen molar-refractivity contribution in [2.75, 3.05) is 0 Å². The highest BCUT2D eigenvalue weighted by Crippen LogP contribution is 2.26. The highest BCUT2D eigenvalue weighted by molar-refractivity contribution is 5.88. The fraction of sp³-hybridized carbons (Fsp3) is 0. The first-order valence-electron chi connectivity index (χ1n) is 5.98.